The first-order valence-corrected chi connectivity index (χ1v) is 6.27. The maximum atomic E-state index is 11.7. The number of rotatable bonds is 4. The lowest BCUT2D eigenvalue weighted by Gasteiger charge is -2.48. The van der Waals surface area contributed by atoms with Gasteiger partial charge in [-0.2, -0.15) is 0 Å². The zero-order valence-electron chi connectivity index (χ0n) is 11.4. The molecule has 0 radical (unpaired) electrons. The van der Waals surface area contributed by atoms with Gasteiger partial charge in [0.2, 0.25) is 5.91 Å². The van der Waals surface area contributed by atoms with Gasteiger partial charge in [0.1, 0.15) is 0 Å². The van der Waals surface area contributed by atoms with Crippen LogP contribution in [0, 0.1) is 5.41 Å². The molecule has 0 aromatic heterocycles. The SMILES string of the molecule is CCCC1(C)CN(CC(=O)NC(C)(C)C)C1. The summed E-state index contributed by atoms with van der Waals surface area (Å²) >= 11 is 0. The quantitative estimate of drug-likeness (QED) is 0.795. The molecule has 1 amide bonds. The summed E-state index contributed by atoms with van der Waals surface area (Å²) in [6.45, 7) is 13.3. The zero-order valence-corrected chi connectivity index (χ0v) is 11.4. The van der Waals surface area contributed by atoms with Gasteiger partial charge in [-0.25, -0.2) is 0 Å². The molecule has 94 valence electrons. The fraction of sp³-hybridized carbons (Fsp3) is 0.923. The summed E-state index contributed by atoms with van der Waals surface area (Å²) in [5.41, 5.74) is 0.339. The number of nitrogens with one attached hydrogen (secondary N) is 1. The maximum absolute atomic E-state index is 11.7. The minimum Gasteiger partial charge on any atom is -0.350 e. The molecule has 3 heteroatoms. The minimum absolute atomic E-state index is 0.116. The summed E-state index contributed by atoms with van der Waals surface area (Å²) < 4.78 is 0. The van der Waals surface area contributed by atoms with Gasteiger partial charge in [0.05, 0.1) is 6.54 Å². The molecule has 0 aliphatic carbocycles. The van der Waals surface area contributed by atoms with Crippen LogP contribution >= 0.6 is 0 Å². The largest absolute Gasteiger partial charge is 0.350 e. The number of likely N-dealkylation sites (tertiary alicyclic amines) is 1. The molecule has 0 aromatic carbocycles. The Morgan fingerprint density at radius 2 is 1.94 bits per heavy atom. The smallest absolute Gasteiger partial charge is 0.234 e. The molecule has 1 saturated heterocycles. The number of hydrogen-bond acceptors (Lipinski definition) is 2. The molecule has 1 aliphatic heterocycles. The average Bonchev–Trinajstić information content (AvgIpc) is 1.97. The molecule has 3 nitrogen and oxygen atoms in total. The Labute approximate surface area is 99.6 Å². The van der Waals surface area contributed by atoms with Crippen LogP contribution in [0.3, 0.4) is 0 Å². The van der Waals surface area contributed by atoms with E-state index in [1.807, 2.05) is 20.8 Å². The second-order valence-electron chi connectivity index (χ2n) is 6.50. The van der Waals surface area contributed by atoms with Crippen LogP contribution in [0.2, 0.25) is 0 Å². The van der Waals surface area contributed by atoms with Crippen molar-refractivity contribution in [1.82, 2.24) is 10.2 Å². The van der Waals surface area contributed by atoms with Gasteiger partial charge in [-0.05, 0) is 32.6 Å². The highest BCUT2D eigenvalue weighted by Crippen LogP contribution is 2.33. The third-order valence-corrected chi connectivity index (χ3v) is 2.95. The van der Waals surface area contributed by atoms with E-state index in [1.165, 1.54) is 12.8 Å². The Kier molecular flexibility index (Phi) is 4.00. The van der Waals surface area contributed by atoms with Crippen LogP contribution in [-0.4, -0.2) is 36.0 Å². The van der Waals surface area contributed by atoms with E-state index in [1.54, 1.807) is 0 Å². The Balaban J connectivity index is 2.25. The Morgan fingerprint density at radius 3 is 2.38 bits per heavy atom. The lowest BCUT2D eigenvalue weighted by atomic mass is 9.78. The van der Waals surface area contributed by atoms with Gasteiger partial charge in [0, 0.05) is 18.6 Å². The van der Waals surface area contributed by atoms with Crippen LogP contribution in [0.25, 0.3) is 0 Å². The minimum atomic E-state index is -0.116. The van der Waals surface area contributed by atoms with Crippen LogP contribution in [-0.2, 0) is 4.79 Å². The van der Waals surface area contributed by atoms with Crippen molar-refractivity contribution in [2.24, 2.45) is 5.41 Å². The number of hydrogen-bond donors (Lipinski definition) is 1. The van der Waals surface area contributed by atoms with Gasteiger partial charge in [0.25, 0.3) is 0 Å². The molecule has 1 N–H and O–H groups in total. The molecule has 16 heavy (non-hydrogen) atoms. The van der Waals surface area contributed by atoms with E-state index in [-0.39, 0.29) is 11.4 Å². The summed E-state index contributed by atoms with van der Waals surface area (Å²) in [6, 6.07) is 0. The molecule has 0 aromatic rings. The van der Waals surface area contributed by atoms with E-state index in [2.05, 4.69) is 24.1 Å². The van der Waals surface area contributed by atoms with Gasteiger partial charge < -0.3 is 5.32 Å². The second kappa shape index (κ2) is 4.74. The van der Waals surface area contributed by atoms with Crippen molar-refractivity contribution in [1.29, 1.82) is 0 Å². The molecule has 0 saturated carbocycles. The Bertz CT molecular complexity index is 249. The molecule has 1 heterocycles. The third kappa shape index (κ3) is 4.12. The zero-order chi connectivity index (χ0) is 12.4. The molecule has 1 aliphatic rings. The molecule has 1 fully saturated rings. The van der Waals surface area contributed by atoms with Crippen molar-refractivity contribution in [2.45, 2.75) is 53.0 Å². The third-order valence-electron chi connectivity index (χ3n) is 2.95. The highest BCUT2D eigenvalue weighted by Gasteiger charge is 2.38. The number of nitrogens with zero attached hydrogens (tertiary/aromatic N) is 1. The van der Waals surface area contributed by atoms with Crippen LogP contribution in [0.1, 0.15) is 47.5 Å². The lowest BCUT2D eigenvalue weighted by molar-refractivity contribution is -0.126. The van der Waals surface area contributed by atoms with Gasteiger partial charge in [-0.1, -0.05) is 20.3 Å². The fourth-order valence-electron chi connectivity index (χ4n) is 2.57. The van der Waals surface area contributed by atoms with E-state index in [0.29, 0.717) is 12.0 Å². The molecule has 0 spiro atoms. The van der Waals surface area contributed by atoms with Gasteiger partial charge in [-0.15, -0.1) is 0 Å². The summed E-state index contributed by atoms with van der Waals surface area (Å²) in [7, 11) is 0. The first kappa shape index (κ1) is 13.5. The normalized spacial score (nSPS) is 20.3. The average molecular weight is 226 g/mol. The van der Waals surface area contributed by atoms with Crippen LogP contribution in [0.15, 0.2) is 0 Å². The maximum Gasteiger partial charge on any atom is 0.234 e. The van der Waals surface area contributed by atoms with Crippen molar-refractivity contribution < 1.29 is 4.79 Å². The Hall–Kier alpha value is -0.570. The summed E-state index contributed by atoms with van der Waals surface area (Å²) in [5.74, 6) is 0.144. The molecular weight excluding hydrogens is 200 g/mol. The van der Waals surface area contributed by atoms with Crippen LogP contribution < -0.4 is 5.32 Å². The number of carbonyl (C=O) groups is 1. The van der Waals surface area contributed by atoms with E-state index in [4.69, 9.17) is 0 Å². The van der Waals surface area contributed by atoms with Gasteiger partial charge >= 0.3 is 0 Å². The highest BCUT2D eigenvalue weighted by atomic mass is 16.2. The van der Waals surface area contributed by atoms with Crippen LogP contribution in [0.4, 0.5) is 0 Å². The molecule has 0 bridgehead atoms. The van der Waals surface area contributed by atoms with Crippen molar-refractivity contribution in [2.75, 3.05) is 19.6 Å². The summed E-state index contributed by atoms with van der Waals surface area (Å²) in [4.78, 5) is 13.9. The molecule has 1 rings (SSSR count). The number of carbonyl (C=O) groups excluding carboxylic acids is 1. The Morgan fingerprint density at radius 1 is 1.38 bits per heavy atom. The second-order valence-corrected chi connectivity index (χ2v) is 6.50. The van der Waals surface area contributed by atoms with Crippen molar-refractivity contribution in [3.63, 3.8) is 0 Å². The standard InChI is InChI=1S/C13H26N2O/c1-6-7-13(5)9-15(10-13)8-11(16)14-12(2,3)4/h6-10H2,1-5H3,(H,14,16). The van der Waals surface area contributed by atoms with Crippen molar-refractivity contribution >= 4 is 5.91 Å². The number of amides is 1. The molecule has 0 unspecified atom stereocenters. The highest BCUT2D eigenvalue weighted by molar-refractivity contribution is 5.78. The van der Waals surface area contributed by atoms with Crippen LogP contribution in [0.5, 0.6) is 0 Å². The molecular formula is C13H26N2O. The monoisotopic (exact) mass is 226 g/mol. The van der Waals surface area contributed by atoms with E-state index in [0.717, 1.165) is 13.1 Å². The van der Waals surface area contributed by atoms with E-state index in [9.17, 15) is 4.79 Å². The first-order valence-electron chi connectivity index (χ1n) is 6.27. The topological polar surface area (TPSA) is 32.3 Å². The summed E-state index contributed by atoms with van der Waals surface area (Å²) in [6.07, 6.45) is 2.50. The fourth-order valence-corrected chi connectivity index (χ4v) is 2.57. The van der Waals surface area contributed by atoms with Crippen molar-refractivity contribution in [3.05, 3.63) is 0 Å². The summed E-state index contributed by atoms with van der Waals surface area (Å²) in [5, 5.41) is 3.00. The predicted octanol–water partition coefficient (Wildman–Crippen LogP) is 2.02. The van der Waals surface area contributed by atoms with Crippen molar-refractivity contribution in [3.8, 4) is 0 Å². The van der Waals surface area contributed by atoms with Gasteiger partial charge in [0.15, 0.2) is 0 Å². The first-order chi connectivity index (χ1) is 7.24. The van der Waals surface area contributed by atoms with Gasteiger partial charge in [-0.3, -0.25) is 9.69 Å². The predicted molar refractivity (Wildman–Crippen MR) is 67.4 cm³/mol. The lowest BCUT2D eigenvalue weighted by Crippen LogP contribution is -2.58. The molecule has 0 atom stereocenters. The van der Waals surface area contributed by atoms with E-state index >= 15 is 0 Å². The van der Waals surface area contributed by atoms with E-state index < -0.39 is 0 Å².